The SMILES string of the molecule is CCCCCCC/C=C\C/C=C\CCCCCCCCCCCC(=O)NC(COP(=O)(O)OCC[N+](C)(C)C)C(O)/C=C/CC/C=C/CCCCCCCCC. The third-order valence-corrected chi connectivity index (χ3v) is 11.0. The lowest BCUT2D eigenvalue weighted by Gasteiger charge is -2.25. The minimum absolute atomic E-state index is 0.0540. The molecule has 0 aromatic rings. The van der Waals surface area contributed by atoms with Crippen molar-refractivity contribution in [1.29, 1.82) is 0 Å². The molecule has 3 atom stereocenters. The fourth-order valence-electron chi connectivity index (χ4n) is 6.32. The molecule has 1 amide bonds. The van der Waals surface area contributed by atoms with Gasteiger partial charge < -0.3 is 19.8 Å². The average Bonchev–Trinajstić information content (AvgIpc) is 3.15. The molecule has 8 nitrogen and oxygen atoms in total. The van der Waals surface area contributed by atoms with Crippen molar-refractivity contribution < 1.29 is 32.9 Å². The number of hydrogen-bond donors (Lipinski definition) is 3. The number of likely N-dealkylation sites (N-methyl/N-ethyl adjacent to an activating group) is 1. The summed E-state index contributed by atoms with van der Waals surface area (Å²) >= 11 is 0. The first kappa shape index (κ1) is 54.5. The van der Waals surface area contributed by atoms with Gasteiger partial charge in [0.2, 0.25) is 5.91 Å². The quantitative estimate of drug-likeness (QED) is 0.0246. The van der Waals surface area contributed by atoms with Crippen molar-refractivity contribution in [2.24, 2.45) is 0 Å². The molecule has 0 aliphatic rings. The minimum Gasteiger partial charge on any atom is -0.387 e. The Kier molecular flexibility index (Phi) is 37.9. The van der Waals surface area contributed by atoms with Crippen LogP contribution >= 0.6 is 7.82 Å². The van der Waals surface area contributed by atoms with Gasteiger partial charge in [-0.2, -0.15) is 0 Å². The first-order valence-electron chi connectivity index (χ1n) is 23.0. The number of quaternary nitrogens is 1. The van der Waals surface area contributed by atoms with Gasteiger partial charge >= 0.3 is 7.82 Å². The molecule has 0 spiro atoms. The lowest BCUT2D eigenvalue weighted by Crippen LogP contribution is -2.45. The maximum Gasteiger partial charge on any atom is 0.472 e. The Morgan fingerprint density at radius 3 is 1.54 bits per heavy atom. The van der Waals surface area contributed by atoms with Crippen molar-refractivity contribution in [3.05, 3.63) is 48.6 Å². The molecule has 0 rings (SSSR count). The van der Waals surface area contributed by atoms with Crippen molar-refractivity contribution >= 4 is 13.7 Å². The van der Waals surface area contributed by atoms with Gasteiger partial charge in [-0.25, -0.2) is 4.57 Å². The number of carbonyl (C=O) groups is 1. The molecule has 0 radical (unpaired) electrons. The van der Waals surface area contributed by atoms with Crippen LogP contribution in [0.1, 0.15) is 194 Å². The summed E-state index contributed by atoms with van der Waals surface area (Å²) in [4.78, 5) is 23.1. The molecular formula is C47H90N2O6P+. The van der Waals surface area contributed by atoms with Gasteiger partial charge in [-0.1, -0.05) is 172 Å². The van der Waals surface area contributed by atoms with E-state index in [0.29, 0.717) is 17.4 Å². The van der Waals surface area contributed by atoms with E-state index in [1.807, 2.05) is 27.2 Å². The van der Waals surface area contributed by atoms with Crippen molar-refractivity contribution in [3.63, 3.8) is 0 Å². The maximum absolute atomic E-state index is 12.9. The van der Waals surface area contributed by atoms with Crippen LogP contribution in [0, 0.1) is 0 Å². The van der Waals surface area contributed by atoms with Gasteiger partial charge in [-0.15, -0.1) is 0 Å². The van der Waals surface area contributed by atoms with Crippen LogP contribution in [0.2, 0.25) is 0 Å². The van der Waals surface area contributed by atoms with Gasteiger partial charge in [0, 0.05) is 6.42 Å². The zero-order valence-electron chi connectivity index (χ0n) is 37.1. The summed E-state index contributed by atoms with van der Waals surface area (Å²) < 4.78 is 23.5. The van der Waals surface area contributed by atoms with Gasteiger partial charge in [0.15, 0.2) is 0 Å². The Hall–Kier alpha value is -1.54. The molecule has 0 saturated heterocycles. The van der Waals surface area contributed by atoms with Crippen LogP contribution < -0.4 is 5.32 Å². The Labute approximate surface area is 346 Å². The van der Waals surface area contributed by atoms with E-state index in [1.54, 1.807) is 6.08 Å². The highest BCUT2D eigenvalue weighted by Gasteiger charge is 2.27. The van der Waals surface area contributed by atoms with Crippen molar-refractivity contribution in [3.8, 4) is 0 Å². The summed E-state index contributed by atoms with van der Waals surface area (Å²) in [5.74, 6) is -0.194. The van der Waals surface area contributed by atoms with Crippen molar-refractivity contribution in [2.75, 3.05) is 40.9 Å². The van der Waals surface area contributed by atoms with E-state index < -0.39 is 20.0 Å². The second-order valence-electron chi connectivity index (χ2n) is 16.8. The summed E-state index contributed by atoms with van der Waals surface area (Å²) in [5, 5.41) is 13.8. The van der Waals surface area contributed by atoms with E-state index in [0.717, 1.165) is 44.9 Å². The molecule has 0 bridgehead atoms. The van der Waals surface area contributed by atoms with Crippen molar-refractivity contribution in [1.82, 2.24) is 5.32 Å². The predicted octanol–water partition coefficient (Wildman–Crippen LogP) is 12.9. The number of aliphatic hydroxyl groups is 1. The zero-order chi connectivity index (χ0) is 41.4. The molecule has 3 unspecified atom stereocenters. The molecule has 0 aliphatic carbocycles. The molecule has 328 valence electrons. The second kappa shape index (κ2) is 38.9. The molecule has 0 aliphatic heterocycles. The minimum atomic E-state index is -4.35. The highest BCUT2D eigenvalue weighted by molar-refractivity contribution is 7.47. The largest absolute Gasteiger partial charge is 0.472 e. The summed E-state index contributed by atoms with van der Waals surface area (Å²) in [6, 6.07) is -0.865. The fourth-order valence-corrected chi connectivity index (χ4v) is 7.06. The molecular weight excluding hydrogens is 719 g/mol. The number of amides is 1. The van der Waals surface area contributed by atoms with Crippen LogP contribution in [0.5, 0.6) is 0 Å². The summed E-state index contributed by atoms with van der Waals surface area (Å²) in [5.41, 5.74) is 0. The van der Waals surface area contributed by atoms with Gasteiger partial charge in [-0.05, 0) is 64.2 Å². The molecule has 0 saturated carbocycles. The number of carbonyl (C=O) groups excluding carboxylic acids is 1. The van der Waals surface area contributed by atoms with E-state index in [4.69, 9.17) is 9.05 Å². The fraction of sp³-hybridized carbons (Fsp3) is 0.809. The normalized spacial score (nSPS) is 14.8. The molecule has 9 heteroatoms. The number of rotatable bonds is 41. The molecule has 0 aromatic carbocycles. The first-order chi connectivity index (χ1) is 27.0. The van der Waals surface area contributed by atoms with Gasteiger partial charge in [0.1, 0.15) is 13.2 Å². The van der Waals surface area contributed by atoms with Crippen molar-refractivity contribution in [2.45, 2.75) is 206 Å². The third-order valence-electron chi connectivity index (χ3n) is 10.0. The first-order valence-corrected chi connectivity index (χ1v) is 24.5. The number of nitrogens with zero attached hydrogens (tertiary/aromatic N) is 1. The van der Waals surface area contributed by atoms with Crippen LogP contribution in [0.3, 0.4) is 0 Å². The lowest BCUT2D eigenvalue weighted by atomic mass is 10.1. The number of phosphoric acid groups is 1. The van der Waals surface area contributed by atoms with Crippen LogP contribution in [0.4, 0.5) is 0 Å². The monoisotopic (exact) mass is 810 g/mol. The molecule has 0 fully saturated rings. The van der Waals surface area contributed by atoms with E-state index in [-0.39, 0.29) is 19.1 Å². The number of unbranched alkanes of at least 4 members (excludes halogenated alkanes) is 22. The van der Waals surface area contributed by atoms with E-state index in [9.17, 15) is 19.4 Å². The predicted molar refractivity (Wildman–Crippen MR) is 240 cm³/mol. The maximum atomic E-state index is 12.9. The lowest BCUT2D eigenvalue weighted by molar-refractivity contribution is -0.870. The summed E-state index contributed by atoms with van der Waals surface area (Å²) in [6.07, 6.45) is 49.0. The Balaban J connectivity index is 4.39. The molecule has 3 N–H and O–H groups in total. The topological polar surface area (TPSA) is 105 Å². The Morgan fingerprint density at radius 2 is 1.04 bits per heavy atom. The summed E-state index contributed by atoms with van der Waals surface area (Å²) in [6.45, 7) is 4.76. The van der Waals surface area contributed by atoms with Gasteiger partial charge in [0.05, 0.1) is 39.9 Å². The highest BCUT2D eigenvalue weighted by Crippen LogP contribution is 2.43. The van der Waals surface area contributed by atoms with E-state index in [2.05, 4.69) is 55.6 Å². The Morgan fingerprint density at radius 1 is 0.607 bits per heavy atom. The molecule has 0 aromatic heterocycles. The highest BCUT2D eigenvalue weighted by atomic mass is 31.2. The van der Waals surface area contributed by atoms with Gasteiger partial charge in [0.25, 0.3) is 0 Å². The Bertz CT molecular complexity index is 1050. The summed E-state index contributed by atoms with van der Waals surface area (Å²) in [7, 11) is 1.55. The number of phosphoric ester groups is 1. The molecule has 0 heterocycles. The molecule has 56 heavy (non-hydrogen) atoms. The van der Waals surface area contributed by atoms with Crippen LogP contribution in [0.25, 0.3) is 0 Å². The second-order valence-corrected chi connectivity index (χ2v) is 18.2. The average molecular weight is 810 g/mol. The van der Waals surface area contributed by atoms with Gasteiger partial charge in [-0.3, -0.25) is 13.8 Å². The third kappa shape index (κ3) is 40.6. The number of allylic oxidation sites excluding steroid dienone is 7. The standard InChI is InChI=1S/C47H89N2O6P/c1-6-8-10-12-14-16-18-20-21-22-23-24-25-26-27-29-31-33-35-37-39-41-47(51)48-45(44-55-56(52,53)54-43-42-49(3,4)5)46(50)40-38-36-34-32-30-28-19-17-15-13-11-9-7-2/h18,20,22-23,30,32,38,40,45-46,50H,6-17,19,21,24-29,31,33-37,39,41-44H2,1-5H3,(H-,48,51,52,53)/p+1/b20-18-,23-22-,32-30+,40-38+. The van der Waals surface area contributed by atoms with E-state index in [1.165, 1.54) is 128 Å². The smallest absolute Gasteiger partial charge is 0.387 e. The van der Waals surface area contributed by atoms with Crippen LogP contribution in [-0.2, 0) is 18.4 Å². The number of hydrogen-bond acceptors (Lipinski definition) is 5. The number of aliphatic hydroxyl groups excluding tert-OH is 1. The zero-order valence-corrected chi connectivity index (χ0v) is 38.0. The van der Waals surface area contributed by atoms with Crippen LogP contribution in [0.15, 0.2) is 48.6 Å². The van der Waals surface area contributed by atoms with Crippen LogP contribution in [-0.4, -0.2) is 73.4 Å². The number of nitrogens with one attached hydrogen (secondary N) is 1. The van der Waals surface area contributed by atoms with E-state index >= 15 is 0 Å².